The average Bonchev–Trinajstić information content (AvgIpc) is 3.09. The molecular weight excluding hydrogens is 384 g/mol. The fourth-order valence-corrected chi connectivity index (χ4v) is 4.32. The number of para-hydroxylation sites is 2. The highest BCUT2D eigenvalue weighted by atomic mass is 32.2. The number of benzene rings is 2. The Labute approximate surface area is 173 Å². The summed E-state index contributed by atoms with van der Waals surface area (Å²) in [5.41, 5.74) is 6.07. The highest BCUT2D eigenvalue weighted by Gasteiger charge is 2.15. The Morgan fingerprint density at radius 2 is 1.90 bits per heavy atom. The van der Waals surface area contributed by atoms with Gasteiger partial charge in [0.15, 0.2) is 10.8 Å². The smallest absolute Gasteiger partial charge is 0.234 e. The zero-order valence-electron chi connectivity index (χ0n) is 16.8. The molecule has 148 valence electrons. The number of aryl methyl sites for hydroxylation is 3. The SMILES string of the molecule is COc1ccccc1NC(=O)CSc1nnc2cc(C)c3cc(C)cc(C)c3n12. The van der Waals surface area contributed by atoms with E-state index in [9.17, 15) is 4.79 Å². The third-order valence-corrected chi connectivity index (χ3v) is 5.74. The Bertz CT molecular complexity index is 1230. The number of nitrogens with one attached hydrogen (secondary N) is 1. The maximum absolute atomic E-state index is 12.5. The van der Waals surface area contributed by atoms with Crippen LogP contribution in [0.15, 0.2) is 47.6 Å². The van der Waals surface area contributed by atoms with E-state index in [4.69, 9.17) is 4.74 Å². The highest BCUT2D eigenvalue weighted by molar-refractivity contribution is 7.99. The normalized spacial score (nSPS) is 11.2. The summed E-state index contributed by atoms with van der Waals surface area (Å²) in [6.45, 7) is 6.28. The summed E-state index contributed by atoms with van der Waals surface area (Å²) in [6.07, 6.45) is 0. The van der Waals surface area contributed by atoms with Crippen LogP contribution in [-0.2, 0) is 4.79 Å². The van der Waals surface area contributed by atoms with Crippen LogP contribution in [0.25, 0.3) is 16.6 Å². The minimum absolute atomic E-state index is 0.125. The number of aromatic nitrogens is 3. The lowest BCUT2D eigenvalue weighted by molar-refractivity contribution is -0.113. The first kappa shape index (κ1) is 19.3. The van der Waals surface area contributed by atoms with Crippen LogP contribution in [0.4, 0.5) is 5.69 Å². The number of amides is 1. The van der Waals surface area contributed by atoms with Crippen molar-refractivity contribution in [3.8, 4) is 5.75 Å². The molecule has 0 bridgehead atoms. The number of nitrogens with zero attached hydrogens (tertiary/aromatic N) is 3. The van der Waals surface area contributed by atoms with Crippen molar-refractivity contribution in [3.63, 3.8) is 0 Å². The van der Waals surface area contributed by atoms with Crippen LogP contribution in [0.3, 0.4) is 0 Å². The van der Waals surface area contributed by atoms with Gasteiger partial charge in [0.2, 0.25) is 5.91 Å². The summed E-state index contributed by atoms with van der Waals surface area (Å²) in [6, 6.07) is 13.7. The van der Waals surface area contributed by atoms with Crippen molar-refractivity contribution in [1.29, 1.82) is 0 Å². The number of rotatable bonds is 5. The number of hydrogen-bond acceptors (Lipinski definition) is 5. The Morgan fingerprint density at radius 3 is 2.69 bits per heavy atom. The molecule has 2 heterocycles. The van der Waals surface area contributed by atoms with E-state index >= 15 is 0 Å². The maximum Gasteiger partial charge on any atom is 0.234 e. The monoisotopic (exact) mass is 406 g/mol. The Morgan fingerprint density at radius 1 is 1.10 bits per heavy atom. The molecule has 0 atom stereocenters. The van der Waals surface area contributed by atoms with E-state index in [1.807, 2.05) is 34.7 Å². The van der Waals surface area contributed by atoms with Gasteiger partial charge in [0.05, 0.1) is 24.1 Å². The zero-order valence-corrected chi connectivity index (χ0v) is 17.6. The second-order valence-electron chi connectivity index (χ2n) is 7.02. The summed E-state index contributed by atoms with van der Waals surface area (Å²) >= 11 is 1.37. The maximum atomic E-state index is 12.5. The molecule has 7 heteroatoms. The van der Waals surface area contributed by atoms with Gasteiger partial charge in [0.25, 0.3) is 0 Å². The van der Waals surface area contributed by atoms with E-state index in [0.717, 1.165) is 22.3 Å². The van der Waals surface area contributed by atoms with Crippen molar-refractivity contribution in [2.45, 2.75) is 25.9 Å². The molecule has 0 aliphatic rings. The van der Waals surface area contributed by atoms with Crippen molar-refractivity contribution in [2.24, 2.45) is 0 Å². The molecule has 0 saturated heterocycles. The number of ether oxygens (including phenoxy) is 1. The summed E-state index contributed by atoms with van der Waals surface area (Å²) in [4.78, 5) is 12.5. The second-order valence-corrected chi connectivity index (χ2v) is 7.96. The van der Waals surface area contributed by atoms with Crippen LogP contribution >= 0.6 is 11.8 Å². The molecule has 0 saturated carbocycles. The van der Waals surface area contributed by atoms with Gasteiger partial charge in [-0.1, -0.05) is 35.5 Å². The largest absolute Gasteiger partial charge is 0.495 e. The van der Waals surface area contributed by atoms with Gasteiger partial charge in [-0.2, -0.15) is 0 Å². The third kappa shape index (κ3) is 3.65. The molecule has 2 aromatic carbocycles. The number of carbonyl (C=O) groups is 1. The lowest BCUT2D eigenvalue weighted by atomic mass is 10.0. The molecule has 0 spiro atoms. The predicted octanol–water partition coefficient (Wildman–Crippen LogP) is 4.55. The number of anilines is 1. The van der Waals surface area contributed by atoms with Gasteiger partial charge in [0, 0.05) is 5.39 Å². The summed E-state index contributed by atoms with van der Waals surface area (Å²) in [7, 11) is 1.58. The first-order chi connectivity index (χ1) is 14.0. The number of thioether (sulfide) groups is 1. The third-order valence-electron chi connectivity index (χ3n) is 4.81. The molecule has 0 aliphatic carbocycles. The fourth-order valence-electron chi connectivity index (χ4n) is 3.57. The van der Waals surface area contributed by atoms with Crippen molar-refractivity contribution in [1.82, 2.24) is 14.6 Å². The minimum atomic E-state index is -0.125. The Kier molecular flexibility index (Phi) is 5.15. The molecular formula is C22H22N4O2S. The zero-order chi connectivity index (χ0) is 20.5. The number of carbonyl (C=O) groups excluding carboxylic acids is 1. The molecule has 6 nitrogen and oxygen atoms in total. The van der Waals surface area contributed by atoms with Crippen molar-refractivity contribution in [2.75, 3.05) is 18.2 Å². The van der Waals surface area contributed by atoms with E-state index in [2.05, 4.69) is 48.4 Å². The fraction of sp³-hybridized carbons (Fsp3) is 0.227. The number of pyridine rings is 1. The molecule has 0 unspecified atom stereocenters. The standard InChI is InChI=1S/C22H22N4O2S/c1-13-9-15(3)21-16(10-13)14(2)11-19-24-25-22(26(19)21)29-12-20(27)23-17-7-5-6-8-18(17)28-4/h5-11H,12H2,1-4H3,(H,23,27). The van der Waals surface area contributed by atoms with E-state index < -0.39 is 0 Å². The van der Waals surface area contributed by atoms with Crippen LogP contribution < -0.4 is 10.1 Å². The summed E-state index contributed by atoms with van der Waals surface area (Å²) < 4.78 is 7.33. The topological polar surface area (TPSA) is 68.5 Å². The molecule has 29 heavy (non-hydrogen) atoms. The van der Waals surface area contributed by atoms with Gasteiger partial charge < -0.3 is 10.1 Å². The van der Waals surface area contributed by atoms with Crippen LogP contribution in [0.2, 0.25) is 0 Å². The molecule has 1 amide bonds. The highest BCUT2D eigenvalue weighted by Crippen LogP contribution is 2.29. The average molecular weight is 407 g/mol. The quantitative estimate of drug-likeness (QED) is 0.493. The van der Waals surface area contributed by atoms with Gasteiger partial charge in [-0.05, 0) is 56.2 Å². The van der Waals surface area contributed by atoms with Gasteiger partial charge in [-0.25, -0.2) is 0 Å². The van der Waals surface area contributed by atoms with Gasteiger partial charge in [-0.15, -0.1) is 10.2 Å². The molecule has 0 radical (unpaired) electrons. The van der Waals surface area contributed by atoms with E-state index in [-0.39, 0.29) is 11.7 Å². The molecule has 1 N–H and O–H groups in total. The molecule has 0 aliphatic heterocycles. The number of hydrogen-bond donors (Lipinski definition) is 1. The van der Waals surface area contributed by atoms with Gasteiger partial charge >= 0.3 is 0 Å². The van der Waals surface area contributed by atoms with E-state index in [1.54, 1.807) is 7.11 Å². The lowest BCUT2D eigenvalue weighted by Gasteiger charge is -2.12. The number of fused-ring (bicyclic) bond motifs is 3. The summed E-state index contributed by atoms with van der Waals surface area (Å²) in [5.74, 6) is 0.727. The van der Waals surface area contributed by atoms with Crippen molar-refractivity contribution >= 4 is 39.9 Å². The van der Waals surface area contributed by atoms with Crippen LogP contribution in [-0.4, -0.2) is 33.4 Å². The molecule has 4 aromatic rings. The lowest BCUT2D eigenvalue weighted by Crippen LogP contribution is -2.15. The van der Waals surface area contributed by atoms with Crippen LogP contribution in [0, 0.1) is 20.8 Å². The van der Waals surface area contributed by atoms with Crippen LogP contribution in [0.5, 0.6) is 5.75 Å². The first-order valence-electron chi connectivity index (χ1n) is 9.29. The van der Waals surface area contributed by atoms with Crippen molar-refractivity contribution in [3.05, 3.63) is 59.2 Å². The predicted molar refractivity (Wildman–Crippen MR) is 117 cm³/mol. The molecule has 2 aromatic heterocycles. The summed E-state index contributed by atoms with van der Waals surface area (Å²) in [5, 5.41) is 13.4. The number of methoxy groups -OCH3 is 1. The molecule has 0 fully saturated rings. The first-order valence-corrected chi connectivity index (χ1v) is 10.3. The van der Waals surface area contributed by atoms with Gasteiger partial charge in [0.1, 0.15) is 5.75 Å². The minimum Gasteiger partial charge on any atom is -0.495 e. The molecule has 4 rings (SSSR count). The van der Waals surface area contributed by atoms with E-state index in [1.165, 1.54) is 22.7 Å². The van der Waals surface area contributed by atoms with Crippen molar-refractivity contribution < 1.29 is 9.53 Å². The Hall–Kier alpha value is -3.06. The van der Waals surface area contributed by atoms with Gasteiger partial charge in [-0.3, -0.25) is 9.20 Å². The van der Waals surface area contributed by atoms with Crippen LogP contribution in [0.1, 0.15) is 16.7 Å². The Balaban J connectivity index is 1.63. The second kappa shape index (κ2) is 7.75. The van der Waals surface area contributed by atoms with E-state index in [0.29, 0.717) is 16.6 Å².